The Morgan fingerprint density at radius 3 is 2.20 bits per heavy atom. The second-order valence-electron chi connectivity index (χ2n) is 1.98. The van der Waals surface area contributed by atoms with Crippen molar-refractivity contribution in [3.8, 4) is 0 Å². The highest BCUT2D eigenvalue weighted by atomic mass is 35.5. The number of allylic oxidation sites excluding steroid dienone is 4. The van der Waals surface area contributed by atoms with Crippen molar-refractivity contribution in [1.82, 2.24) is 0 Å². The zero-order chi connectivity index (χ0) is 8.15. The topological polar surface area (TPSA) is 17.1 Å². The van der Waals surface area contributed by atoms with Gasteiger partial charge in [-0.2, -0.15) is 0 Å². The van der Waals surface area contributed by atoms with Gasteiger partial charge >= 0.3 is 0 Å². The summed E-state index contributed by atoms with van der Waals surface area (Å²) >= 11 is 5.09. The Labute approximate surface area is 65.7 Å². The van der Waals surface area contributed by atoms with Gasteiger partial charge in [0.15, 0.2) is 0 Å². The Bertz CT molecular complexity index is 201. The van der Waals surface area contributed by atoms with E-state index in [-0.39, 0.29) is 5.57 Å². The lowest BCUT2D eigenvalue weighted by atomic mass is 10.2. The largest absolute Gasteiger partial charge is 0.276 e. The molecule has 54 valence electrons. The van der Waals surface area contributed by atoms with E-state index in [4.69, 9.17) is 11.6 Å². The van der Waals surface area contributed by atoms with Gasteiger partial charge in [0.2, 0.25) is 0 Å². The van der Waals surface area contributed by atoms with Gasteiger partial charge in [0.05, 0.1) is 0 Å². The third-order valence-electron chi connectivity index (χ3n) is 0.821. The third-order valence-corrected chi connectivity index (χ3v) is 1.06. The average Bonchev–Trinajstić information content (AvgIpc) is 1.82. The van der Waals surface area contributed by atoms with Crippen LogP contribution in [0.25, 0.3) is 0 Å². The van der Waals surface area contributed by atoms with Crippen LogP contribution >= 0.6 is 11.6 Å². The summed E-state index contributed by atoms with van der Waals surface area (Å²) in [5.41, 5.74) is 1.14. The van der Waals surface area contributed by atoms with Crippen molar-refractivity contribution in [3.63, 3.8) is 0 Å². The Balaban J connectivity index is 4.03. The fourth-order valence-electron chi connectivity index (χ4n) is 0.308. The second kappa shape index (κ2) is 4.07. The fourth-order valence-corrected chi connectivity index (χ4v) is 0.371. The van der Waals surface area contributed by atoms with E-state index < -0.39 is 5.24 Å². The van der Waals surface area contributed by atoms with Crippen molar-refractivity contribution in [2.45, 2.75) is 6.92 Å². The van der Waals surface area contributed by atoms with Crippen LogP contribution in [0.5, 0.6) is 0 Å². The molecule has 0 bridgehead atoms. The SMILES string of the molecule is C=C(C)/C=C\C(=C)C(=O)Cl. The van der Waals surface area contributed by atoms with E-state index in [0.29, 0.717) is 0 Å². The van der Waals surface area contributed by atoms with Gasteiger partial charge in [0.25, 0.3) is 5.24 Å². The summed E-state index contributed by atoms with van der Waals surface area (Å²) in [4.78, 5) is 10.3. The van der Waals surface area contributed by atoms with Gasteiger partial charge in [-0.05, 0) is 18.5 Å². The summed E-state index contributed by atoms with van der Waals surface area (Å²) in [7, 11) is 0. The average molecular weight is 157 g/mol. The Kier molecular flexibility index (Phi) is 3.74. The summed E-state index contributed by atoms with van der Waals surface area (Å²) in [5, 5.41) is -0.530. The lowest BCUT2D eigenvalue weighted by molar-refractivity contribution is -0.108. The van der Waals surface area contributed by atoms with E-state index in [9.17, 15) is 4.79 Å². The molecule has 0 fully saturated rings. The van der Waals surface area contributed by atoms with Crippen molar-refractivity contribution in [3.05, 3.63) is 36.5 Å². The normalized spacial score (nSPS) is 9.80. The molecule has 1 nitrogen and oxygen atoms in total. The maximum atomic E-state index is 10.3. The molecule has 0 aromatic carbocycles. The van der Waals surface area contributed by atoms with Gasteiger partial charge in [-0.1, -0.05) is 30.9 Å². The molecule has 0 aromatic rings. The Morgan fingerprint density at radius 1 is 1.40 bits per heavy atom. The third kappa shape index (κ3) is 4.10. The maximum absolute atomic E-state index is 10.3. The molecule has 10 heavy (non-hydrogen) atoms. The van der Waals surface area contributed by atoms with Gasteiger partial charge in [-0.25, -0.2) is 0 Å². The summed E-state index contributed by atoms with van der Waals surface area (Å²) in [6, 6.07) is 0. The first kappa shape index (κ1) is 9.18. The predicted octanol–water partition coefficient (Wildman–Crippen LogP) is 2.44. The molecule has 0 aliphatic rings. The highest BCUT2D eigenvalue weighted by molar-refractivity contribution is 6.68. The summed E-state index contributed by atoms with van der Waals surface area (Å²) in [6.07, 6.45) is 3.22. The van der Waals surface area contributed by atoms with E-state index in [1.54, 1.807) is 6.08 Å². The van der Waals surface area contributed by atoms with Crippen LogP contribution in [0.15, 0.2) is 36.5 Å². The molecule has 0 saturated carbocycles. The van der Waals surface area contributed by atoms with Gasteiger partial charge in [0, 0.05) is 5.57 Å². The van der Waals surface area contributed by atoms with Crippen LogP contribution in [-0.2, 0) is 4.79 Å². The quantitative estimate of drug-likeness (QED) is 0.349. The minimum absolute atomic E-state index is 0.282. The Morgan fingerprint density at radius 2 is 1.90 bits per heavy atom. The van der Waals surface area contributed by atoms with Gasteiger partial charge in [-0.15, -0.1) is 0 Å². The molecule has 2 heteroatoms. The zero-order valence-corrected chi connectivity index (χ0v) is 6.61. The number of carbonyl (C=O) groups excluding carboxylic acids is 1. The molecule has 0 unspecified atom stereocenters. The molecule has 0 N–H and O–H groups in total. The smallest absolute Gasteiger partial charge is 0.251 e. The monoisotopic (exact) mass is 156 g/mol. The molecule has 0 aliphatic carbocycles. The van der Waals surface area contributed by atoms with Gasteiger partial charge in [0.1, 0.15) is 0 Å². The minimum atomic E-state index is -0.530. The van der Waals surface area contributed by atoms with E-state index >= 15 is 0 Å². The number of carbonyl (C=O) groups is 1. The van der Waals surface area contributed by atoms with Crippen molar-refractivity contribution >= 4 is 16.8 Å². The van der Waals surface area contributed by atoms with Crippen LogP contribution in [0.4, 0.5) is 0 Å². The number of hydrogen-bond acceptors (Lipinski definition) is 1. The van der Waals surface area contributed by atoms with Crippen LogP contribution < -0.4 is 0 Å². The molecule has 0 amide bonds. The predicted molar refractivity (Wildman–Crippen MR) is 44.0 cm³/mol. The summed E-state index contributed by atoms with van der Waals surface area (Å²) in [5.74, 6) is 0. The first-order valence-electron chi connectivity index (χ1n) is 2.76. The summed E-state index contributed by atoms with van der Waals surface area (Å²) < 4.78 is 0. The zero-order valence-electron chi connectivity index (χ0n) is 5.86. The van der Waals surface area contributed by atoms with Crippen molar-refractivity contribution in [2.24, 2.45) is 0 Å². The standard InChI is InChI=1S/C8H9ClO/c1-6(2)4-5-7(3)8(9)10/h4-5H,1,3H2,2H3/b5-4-. The van der Waals surface area contributed by atoms with E-state index in [1.165, 1.54) is 6.08 Å². The van der Waals surface area contributed by atoms with Crippen LogP contribution in [0.3, 0.4) is 0 Å². The molecule has 0 saturated heterocycles. The van der Waals surface area contributed by atoms with E-state index in [0.717, 1.165) is 5.57 Å². The Hall–Kier alpha value is -0.820. The van der Waals surface area contributed by atoms with Gasteiger partial charge < -0.3 is 0 Å². The van der Waals surface area contributed by atoms with Crippen LogP contribution in [-0.4, -0.2) is 5.24 Å². The molecular weight excluding hydrogens is 148 g/mol. The van der Waals surface area contributed by atoms with E-state index in [1.807, 2.05) is 6.92 Å². The number of halogens is 1. The molecule has 0 rings (SSSR count). The molecule has 0 atom stereocenters. The second-order valence-corrected chi connectivity index (χ2v) is 2.32. The van der Waals surface area contributed by atoms with E-state index in [2.05, 4.69) is 13.2 Å². The number of rotatable bonds is 3. The fraction of sp³-hybridized carbons (Fsp3) is 0.125. The maximum Gasteiger partial charge on any atom is 0.251 e. The summed E-state index contributed by atoms with van der Waals surface area (Å²) in [6.45, 7) is 8.84. The lowest BCUT2D eigenvalue weighted by Crippen LogP contribution is -1.85. The van der Waals surface area contributed by atoms with Crippen molar-refractivity contribution in [1.29, 1.82) is 0 Å². The lowest BCUT2D eigenvalue weighted by Gasteiger charge is -1.87. The molecule has 0 aliphatic heterocycles. The first-order valence-corrected chi connectivity index (χ1v) is 3.14. The van der Waals surface area contributed by atoms with Crippen LogP contribution in [0, 0.1) is 0 Å². The molecule has 0 radical (unpaired) electrons. The molecular formula is C8H9ClO. The highest BCUT2D eigenvalue weighted by Crippen LogP contribution is 2.00. The van der Waals surface area contributed by atoms with Crippen LogP contribution in [0.2, 0.25) is 0 Å². The van der Waals surface area contributed by atoms with Crippen molar-refractivity contribution in [2.75, 3.05) is 0 Å². The molecule has 0 aromatic heterocycles. The number of hydrogen-bond donors (Lipinski definition) is 0. The van der Waals surface area contributed by atoms with Crippen molar-refractivity contribution < 1.29 is 4.79 Å². The molecule has 0 spiro atoms. The van der Waals surface area contributed by atoms with Crippen LogP contribution in [0.1, 0.15) is 6.92 Å². The first-order chi connectivity index (χ1) is 4.54. The molecule has 0 heterocycles. The minimum Gasteiger partial charge on any atom is -0.276 e. The highest BCUT2D eigenvalue weighted by Gasteiger charge is 1.95. The van der Waals surface area contributed by atoms with Gasteiger partial charge in [-0.3, -0.25) is 4.79 Å².